The van der Waals surface area contributed by atoms with Gasteiger partial charge in [-0.15, -0.1) is 0 Å². The van der Waals surface area contributed by atoms with Crippen molar-refractivity contribution in [2.24, 2.45) is 0 Å². The molecule has 0 unspecified atom stereocenters. The fourth-order valence-corrected chi connectivity index (χ4v) is 2.10. The quantitative estimate of drug-likeness (QED) is 0.847. The third-order valence-electron chi connectivity index (χ3n) is 2.59. The number of anilines is 1. The molecule has 0 amide bonds. The van der Waals surface area contributed by atoms with Gasteiger partial charge < -0.3 is 15.6 Å². The number of carbonyl (C=O) groups is 1. The molecule has 2 aromatic rings. The largest absolute Gasteiger partial charge is 0.489 e. The van der Waals surface area contributed by atoms with Crippen molar-refractivity contribution >= 4 is 27.6 Å². The van der Waals surface area contributed by atoms with Gasteiger partial charge in [0.25, 0.3) is 0 Å². The molecule has 0 saturated heterocycles. The van der Waals surface area contributed by atoms with E-state index in [1.165, 1.54) is 0 Å². The molecule has 0 aliphatic carbocycles. The van der Waals surface area contributed by atoms with Gasteiger partial charge in [-0.25, -0.2) is 4.79 Å². The van der Waals surface area contributed by atoms with Gasteiger partial charge in [-0.2, -0.15) is 0 Å². The number of rotatable bonds is 4. The van der Waals surface area contributed by atoms with E-state index < -0.39 is 5.97 Å². The van der Waals surface area contributed by atoms with E-state index in [-0.39, 0.29) is 17.9 Å². The average Bonchev–Trinajstić information content (AvgIpc) is 2.36. The Morgan fingerprint density at radius 3 is 2.68 bits per heavy atom. The molecule has 0 aliphatic rings. The lowest BCUT2D eigenvalue weighted by Gasteiger charge is -2.10. The van der Waals surface area contributed by atoms with E-state index in [2.05, 4.69) is 15.9 Å². The van der Waals surface area contributed by atoms with Crippen LogP contribution >= 0.6 is 15.9 Å². The molecule has 0 saturated carbocycles. The summed E-state index contributed by atoms with van der Waals surface area (Å²) in [5, 5.41) is 9.14. The fourth-order valence-electron chi connectivity index (χ4n) is 1.72. The van der Waals surface area contributed by atoms with Gasteiger partial charge in [0.15, 0.2) is 0 Å². The van der Waals surface area contributed by atoms with E-state index in [9.17, 15) is 4.79 Å². The Morgan fingerprint density at radius 2 is 2.00 bits per heavy atom. The zero-order chi connectivity index (χ0) is 13.8. The number of aromatic carboxylic acids is 1. The zero-order valence-electron chi connectivity index (χ0n) is 9.97. The summed E-state index contributed by atoms with van der Waals surface area (Å²) >= 11 is 3.34. The van der Waals surface area contributed by atoms with Crippen molar-refractivity contribution in [1.82, 2.24) is 0 Å². The standard InChI is InChI=1S/C14H12BrNO3/c15-10-4-2-5-11(7-10)19-8-9-3-1-6-12(16)13(9)14(17)18/h1-7H,8,16H2,(H,17,18). The summed E-state index contributed by atoms with van der Waals surface area (Å²) in [6.07, 6.45) is 0. The van der Waals surface area contributed by atoms with Crippen LogP contribution in [0.2, 0.25) is 0 Å². The Morgan fingerprint density at radius 1 is 1.26 bits per heavy atom. The molecule has 19 heavy (non-hydrogen) atoms. The highest BCUT2D eigenvalue weighted by Crippen LogP contribution is 2.22. The third kappa shape index (κ3) is 3.26. The van der Waals surface area contributed by atoms with E-state index in [4.69, 9.17) is 15.6 Å². The minimum atomic E-state index is -1.05. The van der Waals surface area contributed by atoms with Crippen molar-refractivity contribution in [3.63, 3.8) is 0 Å². The maximum absolute atomic E-state index is 11.2. The van der Waals surface area contributed by atoms with Crippen LogP contribution < -0.4 is 10.5 Å². The monoisotopic (exact) mass is 321 g/mol. The topological polar surface area (TPSA) is 72.5 Å². The van der Waals surface area contributed by atoms with Crippen molar-refractivity contribution in [2.45, 2.75) is 6.61 Å². The van der Waals surface area contributed by atoms with E-state index >= 15 is 0 Å². The van der Waals surface area contributed by atoms with Crippen molar-refractivity contribution in [3.8, 4) is 5.75 Å². The highest BCUT2D eigenvalue weighted by Gasteiger charge is 2.13. The smallest absolute Gasteiger partial charge is 0.338 e. The Labute approximate surface area is 118 Å². The predicted molar refractivity (Wildman–Crippen MR) is 76.3 cm³/mol. The van der Waals surface area contributed by atoms with E-state index in [1.807, 2.05) is 18.2 Å². The van der Waals surface area contributed by atoms with Crippen LogP contribution in [0.1, 0.15) is 15.9 Å². The van der Waals surface area contributed by atoms with Gasteiger partial charge in [0, 0.05) is 15.7 Å². The molecule has 2 rings (SSSR count). The molecule has 0 fully saturated rings. The lowest BCUT2D eigenvalue weighted by Crippen LogP contribution is -2.09. The average molecular weight is 322 g/mol. The van der Waals surface area contributed by atoms with Gasteiger partial charge in [0.05, 0.1) is 5.56 Å². The van der Waals surface area contributed by atoms with Crippen LogP contribution in [0.3, 0.4) is 0 Å². The lowest BCUT2D eigenvalue weighted by molar-refractivity contribution is 0.0695. The Balaban J connectivity index is 2.20. The number of nitrogens with two attached hydrogens (primary N) is 1. The summed E-state index contributed by atoms with van der Waals surface area (Å²) in [5.74, 6) is -0.390. The molecular formula is C14H12BrNO3. The molecule has 0 bridgehead atoms. The Kier molecular flexibility index (Phi) is 4.06. The number of ether oxygens (including phenoxy) is 1. The van der Waals surface area contributed by atoms with E-state index in [1.54, 1.807) is 24.3 Å². The molecule has 0 aromatic heterocycles. The normalized spacial score (nSPS) is 10.2. The van der Waals surface area contributed by atoms with Gasteiger partial charge in [-0.05, 0) is 24.3 Å². The molecule has 5 heteroatoms. The number of hydrogen-bond acceptors (Lipinski definition) is 3. The van der Waals surface area contributed by atoms with Crippen LogP contribution in [0.4, 0.5) is 5.69 Å². The molecule has 2 aromatic carbocycles. The SMILES string of the molecule is Nc1cccc(COc2cccc(Br)c2)c1C(=O)O. The molecule has 4 nitrogen and oxygen atoms in total. The van der Waals surface area contributed by atoms with Crippen LogP contribution in [0.15, 0.2) is 46.9 Å². The zero-order valence-corrected chi connectivity index (χ0v) is 11.6. The first kappa shape index (κ1) is 13.4. The molecule has 98 valence electrons. The van der Waals surface area contributed by atoms with Gasteiger partial charge in [-0.3, -0.25) is 0 Å². The van der Waals surface area contributed by atoms with Gasteiger partial charge >= 0.3 is 5.97 Å². The number of carboxylic acid groups (broad SMARTS) is 1. The number of halogens is 1. The van der Waals surface area contributed by atoms with Crippen molar-refractivity contribution < 1.29 is 14.6 Å². The molecule has 0 spiro atoms. The maximum Gasteiger partial charge on any atom is 0.338 e. The van der Waals surface area contributed by atoms with E-state index in [0.29, 0.717) is 11.3 Å². The van der Waals surface area contributed by atoms with Crippen molar-refractivity contribution in [1.29, 1.82) is 0 Å². The van der Waals surface area contributed by atoms with Crippen molar-refractivity contribution in [3.05, 3.63) is 58.1 Å². The van der Waals surface area contributed by atoms with E-state index in [0.717, 1.165) is 4.47 Å². The summed E-state index contributed by atoms with van der Waals surface area (Å²) in [7, 11) is 0. The first-order valence-corrected chi connectivity index (χ1v) is 6.36. The highest BCUT2D eigenvalue weighted by atomic mass is 79.9. The first-order valence-electron chi connectivity index (χ1n) is 5.57. The first-order chi connectivity index (χ1) is 9.08. The summed E-state index contributed by atoms with van der Waals surface area (Å²) in [6.45, 7) is 0.156. The fraction of sp³-hybridized carbons (Fsp3) is 0.0714. The highest BCUT2D eigenvalue weighted by molar-refractivity contribution is 9.10. The van der Waals surface area contributed by atoms with Gasteiger partial charge in [-0.1, -0.05) is 34.1 Å². The maximum atomic E-state index is 11.2. The molecule has 0 radical (unpaired) electrons. The molecule has 0 heterocycles. The lowest BCUT2D eigenvalue weighted by atomic mass is 10.1. The summed E-state index contributed by atoms with van der Waals surface area (Å²) in [4.78, 5) is 11.2. The molecule has 3 N–H and O–H groups in total. The third-order valence-corrected chi connectivity index (χ3v) is 3.08. The second-order valence-electron chi connectivity index (χ2n) is 3.93. The van der Waals surface area contributed by atoms with Crippen LogP contribution in [0.5, 0.6) is 5.75 Å². The second kappa shape index (κ2) is 5.75. The number of nitrogen functional groups attached to an aromatic ring is 1. The number of benzene rings is 2. The van der Waals surface area contributed by atoms with Gasteiger partial charge in [0.1, 0.15) is 12.4 Å². The number of carboxylic acids is 1. The summed E-state index contributed by atoms with van der Waals surface area (Å²) < 4.78 is 6.47. The molecule has 0 aliphatic heterocycles. The minimum Gasteiger partial charge on any atom is -0.489 e. The van der Waals surface area contributed by atoms with Crippen LogP contribution in [0.25, 0.3) is 0 Å². The van der Waals surface area contributed by atoms with Crippen LogP contribution in [-0.2, 0) is 6.61 Å². The van der Waals surface area contributed by atoms with Crippen LogP contribution in [-0.4, -0.2) is 11.1 Å². The second-order valence-corrected chi connectivity index (χ2v) is 4.85. The molecule has 0 atom stereocenters. The molecular weight excluding hydrogens is 310 g/mol. The van der Waals surface area contributed by atoms with Crippen molar-refractivity contribution in [2.75, 3.05) is 5.73 Å². The Bertz CT molecular complexity index is 613. The summed E-state index contributed by atoms with van der Waals surface area (Å²) in [6, 6.07) is 12.3. The summed E-state index contributed by atoms with van der Waals surface area (Å²) in [5.41, 5.74) is 6.55. The number of hydrogen-bond donors (Lipinski definition) is 2. The van der Waals surface area contributed by atoms with Gasteiger partial charge in [0.2, 0.25) is 0 Å². The Hall–Kier alpha value is -2.01. The van der Waals surface area contributed by atoms with Crippen LogP contribution in [0, 0.1) is 0 Å². The predicted octanol–water partition coefficient (Wildman–Crippen LogP) is 3.31. The minimum absolute atomic E-state index is 0.0949.